The molecule has 0 saturated carbocycles. The highest BCUT2D eigenvalue weighted by Gasteiger charge is 2.27. The van der Waals surface area contributed by atoms with E-state index in [-0.39, 0.29) is 17.5 Å². The maximum atomic E-state index is 12.2. The quantitative estimate of drug-likeness (QED) is 0.447. The van der Waals surface area contributed by atoms with Crippen LogP contribution in [0.4, 0.5) is 10.5 Å². The number of ether oxygens (including phenoxy) is 2. The number of rotatable bonds is 4. The van der Waals surface area contributed by atoms with Crippen molar-refractivity contribution in [2.45, 2.75) is 59.1 Å². The minimum absolute atomic E-state index is 0.0389. The van der Waals surface area contributed by atoms with Gasteiger partial charge < -0.3 is 14.4 Å². The number of amides is 1. The highest BCUT2D eigenvalue weighted by Crippen LogP contribution is 2.36. The predicted octanol–water partition coefficient (Wildman–Crippen LogP) is 3.68. The number of nitro benzene ring substituents is 1. The molecule has 0 fully saturated rings. The van der Waals surface area contributed by atoms with Gasteiger partial charge in [0.1, 0.15) is 5.60 Å². The van der Waals surface area contributed by atoms with Crippen LogP contribution in [0.3, 0.4) is 0 Å². The fraction of sp³-hybridized carbons (Fsp3) is 0.550. The first-order chi connectivity index (χ1) is 12.8. The molecule has 2 rings (SSSR count). The number of carbonyl (C=O) groups excluding carboxylic acids is 1. The lowest BCUT2D eigenvalue weighted by atomic mass is 9.85. The Hall–Kier alpha value is -2.51. The SMILES string of the molecule is BC(C)(C)Oc1cc(C2=CCN(C(=O)OC(C)(C)C)CC2)c(C)cc1[N+](=O)[O-]. The van der Waals surface area contributed by atoms with Gasteiger partial charge in [-0.3, -0.25) is 10.1 Å². The number of benzene rings is 1. The van der Waals surface area contributed by atoms with Crippen LogP contribution in [-0.4, -0.2) is 48.0 Å². The molecule has 0 aromatic heterocycles. The van der Waals surface area contributed by atoms with Crippen molar-refractivity contribution in [3.8, 4) is 5.75 Å². The molecule has 28 heavy (non-hydrogen) atoms. The molecule has 1 aliphatic rings. The van der Waals surface area contributed by atoms with Crippen LogP contribution in [-0.2, 0) is 4.74 Å². The van der Waals surface area contributed by atoms with E-state index in [9.17, 15) is 14.9 Å². The molecule has 0 unspecified atom stereocenters. The van der Waals surface area contributed by atoms with E-state index in [1.165, 1.54) is 0 Å². The average molecular weight is 388 g/mol. The molecule has 0 bridgehead atoms. The van der Waals surface area contributed by atoms with E-state index in [1.807, 2.05) is 55.5 Å². The van der Waals surface area contributed by atoms with Crippen molar-refractivity contribution in [3.05, 3.63) is 39.4 Å². The lowest BCUT2D eigenvalue weighted by Gasteiger charge is -2.30. The number of hydrogen-bond donors (Lipinski definition) is 0. The lowest BCUT2D eigenvalue weighted by molar-refractivity contribution is -0.386. The van der Waals surface area contributed by atoms with Gasteiger partial charge >= 0.3 is 11.8 Å². The van der Waals surface area contributed by atoms with Crippen LogP contribution in [0.2, 0.25) is 0 Å². The molecular formula is C20H29BN2O5. The van der Waals surface area contributed by atoms with Gasteiger partial charge in [0.05, 0.1) is 10.4 Å². The summed E-state index contributed by atoms with van der Waals surface area (Å²) in [4.78, 5) is 24.9. The van der Waals surface area contributed by atoms with Crippen LogP contribution in [0, 0.1) is 17.0 Å². The topological polar surface area (TPSA) is 81.9 Å². The van der Waals surface area contributed by atoms with E-state index in [1.54, 1.807) is 17.0 Å². The summed E-state index contributed by atoms with van der Waals surface area (Å²) < 4.78 is 11.3. The molecule has 0 spiro atoms. The third-order valence-electron chi connectivity index (χ3n) is 4.13. The molecule has 1 amide bonds. The Balaban J connectivity index is 2.29. The molecular weight excluding hydrogens is 359 g/mol. The third-order valence-corrected chi connectivity index (χ3v) is 4.13. The molecule has 0 N–H and O–H groups in total. The Morgan fingerprint density at radius 2 is 1.89 bits per heavy atom. The second kappa shape index (κ2) is 7.85. The monoisotopic (exact) mass is 388 g/mol. The molecule has 0 atom stereocenters. The van der Waals surface area contributed by atoms with Crippen LogP contribution in [0.15, 0.2) is 18.2 Å². The second-order valence-corrected chi connectivity index (χ2v) is 9.01. The fourth-order valence-corrected chi connectivity index (χ4v) is 2.98. The molecule has 0 aliphatic carbocycles. The maximum absolute atomic E-state index is 12.2. The molecule has 152 valence electrons. The zero-order valence-electron chi connectivity index (χ0n) is 17.8. The second-order valence-electron chi connectivity index (χ2n) is 9.01. The van der Waals surface area contributed by atoms with E-state index in [0.29, 0.717) is 19.5 Å². The molecule has 8 heteroatoms. The summed E-state index contributed by atoms with van der Waals surface area (Å²) in [5.74, 6) is 0.258. The summed E-state index contributed by atoms with van der Waals surface area (Å²) in [5, 5.41) is 11.4. The Bertz CT molecular complexity index is 806. The number of aryl methyl sites for hydroxylation is 1. The summed E-state index contributed by atoms with van der Waals surface area (Å²) in [6, 6.07) is 3.30. The highest BCUT2D eigenvalue weighted by atomic mass is 16.6. The van der Waals surface area contributed by atoms with Crippen molar-refractivity contribution < 1.29 is 19.2 Å². The molecule has 1 aromatic carbocycles. The first kappa shape index (κ1) is 21.8. The van der Waals surface area contributed by atoms with Crippen molar-refractivity contribution in [2.75, 3.05) is 13.1 Å². The average Bonchev–Trinajstić information content (AvgIpc) is 2.53. The van der Waals surface area contributed by atoms with Crippen molar-refractivity contribution in [2.24, 2.45) is 0 Å². The standard InChI is InChI=1S/C20H29BN2O5/c1-13-11-16(23(25)26)17(27-20(5,6)21)12-15(13)14-7-9-22(10-8-14)18(24)28-19(2,3)4/h7,11-12H,8-10,21H2,1-6H3. The van der Waals surface area contributed by atoms with Crippen molar-refractivity contribution in [1.82, 2.24) is 4.90 Å². The summed E-state index contributed by atoms with van der Waals surface area (Å²) in [6.45, 7) is 12.1. The minimum atomic E-state index is -0.550. The summed E-state index contributed by atoms with van der Waals surface area (Å²) in [6.07, 6.45) is 2.29. The van der Waals surface area contributed by atoms with Crippen LogP contribution < -0.4 is 4.74 Å². The summed E-state index contributed by atoms with van der Waals surface area (Å²) >= 11 is 0. The first-order valence-corrected chi connectivity index (χ1v) is 9.42. The van der Waals surface area contributed by atoms with E-state index >= 15 is 0 Å². The number of nitro groups is 1. The zero-order valence-corrected chi connectivity index (χ0v) is 17.8. The first-order valence-electron chi connectivity index (χ1n) is 9.42. The largest absolute Gasteiger partial charge is 0.491 e. The minimum Gasteiger partial charge on any atom is -0.491 e. The molecule has 0 saturated heterocycles. The van der Waals surface area contributed by atoms with Gasteiger partial charge in [-0.15, -0.1) is 0 Å². The third kappa shape index (κ3) is 5.74. The smallest absolute Gasteiger partial charge is 0.410 e. The van der Waals surface area contributed by atoms with Crippen LogP contribution >= 0.6 is 0 Å². The van der Waals surface area contributed by atoms with Crippen molar-refractivity contribution in [1.29, 1.82) is 0 Å². The van der Waals surface area contributed by atoms with E-state index < -0.39 is 16.0 Å². The number of carbonyl (C=O) groups is 1. The van der Waals surface area contributed by atoms with Gasteiger partial charge in [0.15, 0.2) is 13.6 Å². The zero-order chi connectivity index (χ0) is 21.3. The predicted molar refractivity (Wildman–Crippen MR) is 111 cm³/mol. The van der Waals surface area contributed by atoms with E-state index in [0.717, 1.165) is 16.7 Å². The molecule has 1 heterocycles. The van der Waals surface area contributed by atoms with Crippen molar-refractivity contribution >= 4 is 25.2 Å². The summed E-state index contributed by atoms with van der Waals surface area (Å²) in [5.41, 5.74) is 1.65. The van der Waals surface area contributed by atoms with Gasteiger partial charge in [-0.25, -0.2) is 4.79 Å². The number of nitrogens with zero attached hydrogens (tertiary/aromatic N) is 2. The Morgan fingerprint density at radius 1 is 1.25 bits per heavy atom. The molecule has 1 aromatic rings. The Morgan fingerprint density at radius 3 is 2.36 bits per heavy atom. The molecule has 1 aliphatic heterocycles. The molecule has 0 radical (unpaired) electrons. The Labute approximate surface area is 167 Å². The Kier molecular flexibility index (Phi) is 6.11. The van der Waals surface area contributed by atoms with Gasteiger partial charge in [-0.05, 0) is 70.7 Å². The van der Waals surface area contributed by atoms with Gasteiger partial charge in [-0.1, -0.05) is 6.08 Å². The van der Waals surface area contributed by atoms with Crippen LogP contribution in [0.25, 0.3) is 5.57 Å². The lowest BCUT2D eigenvalue weighted by Crippen LogP contribution is -2.39. The molecule has 7 nitrogen and oxygen atoms in total. The van der Waals surface area contributed by atoms with E-state index in [2.05, 4.69) is 0 Å². The van der Waals surface area contributed by atoms with Crippen molar-refractivity contribution in [3.63, 3.8) is 0 Å². The number of hydrogen-bond acceptors (Lipinski definition) is 5. The van der Waals surface area contributed by atoms with Crippen LogP contribution in [0.5, 0.6) is 5.75 Å². The van der Waals surface area contributed by atoms with Crippen LogP contribution in [0.1, 0.15) is 52.2 Å². The fourth-order valence-electron chi connectivity index (χ4n) is 2.98. The van der Waals surface area contributed by atoms with Gasteiger partial charge in [0.2, 0.25) is 0 Å². The highest BCUT2D eigenvalue weighted by molar-refractivity contribution is 6.14. The van der Waals surface area contributed by atoms with E-state index in [4.69, 9.17) is 9.47 Å². The van der Waals surface area contributed by atoms with Gasteiger partial charge in [-0.2, -0.15) is 0 Å². The normalized spacial score (nSPS) is 15.1. The van der Waals surface area contributed by atoms with Gasteiger partial charge in [0.25, 0.3) is 0 Å². The summed E-state index contributed by atoms with van der Waals surface area (Å²) in [7, 11) is 1.86. The van der Waals surface area contributed by atoms with Gasteiger partial charge in [0, 0.05) is 19.2 Å². The maximum Gasteiger partial charge on any atom is 0.410 e.